The summed E-state index contributed by atoms with van der Waals surface area (Å²) in [6.07, 6.45) is 1.41. The monoisotopic (exact) mass is 317 g/mol. The van der Waals surface area contributed by atoms with Crippen molar-refractivity contribution in [2.45, 2.75) is 25.3 Å². The van der Waals surface area contributed by atoms with Gasteiger partial charge in [-0.15, -0.1) is 0 Å². The summed E-state index contributed by atoms with van der Waals surface area (Å²) >= 11 is 5.62. The number of nitrogens with one attached hydrogen (secondary N) is 1. The topological polar surface area (TPSA) is 64.0 Å². The van der Waals surface area contributed by atoms with E-state index < -0.39 is 15.8 Å². The fraction of sp³-hybridized carbons (Fsp3) is 0.250. The Balaban J connectivity index is 2.38. The number of anilines is 1. The van der Waals surface area contributed by atoms with Crippen LogP contribution >= 0.6 is 11.6 Å². The maximum absolute atomic E-state index is 13.6. The van der Waals surface area contributed by atoms with Gasteiger partial charge < -0.3 is 0 Å². The number of hydrogen-bond donors (Lipinski definition) is 1. The summed E-state index contributed by atoms with van der Waals surface area (Å²) < 4.78 is 41.8. The number of halogens is 2. The molecular formula is C12H13ClFN3O2S. The number of aryl methyl sites for hydroxylation is 2. The van der Waals surface area contributed by atoms with Crippen LogP contribution in [0.15, 0.2) is 29.3 Å². The summed E-state index contributed by atoms with van der Waals surface area (Å²) in [4.78, 5) is 0.0219. The number of benzene rings is 1. The fourth-order valence-electron chi connectivity index (χ4n) is 1.70. The molecule has 0 aliphatic carbocycles. The molecule has 0 saturated heterocycles. The third-order valence-electron chi connectivity index (χ3n) is 2.69. The van der Waals surface area contributed by atoms with Gasteiger partial charge in [0, 0.05) is 17.8 Å². The molecule has 20 heavy (non-hydrogen) atoms. The fourth-order valence-corrected chi connectivity index (χ4v) is 3.11. The van der Waals surface area contributed by atoms with Gasteiger partial charge in [-0.2, -0.15) is 5.10 Å². The first-order chi connectivity index (χ1) is 9.33. The minimum absolute atomic E-state index is 0.0219. The highest BCUT2D eigenvalue weighted by Crippen LogP contribution is 2.23. The summed E-state index contributed by atoms with van der Waals surface area (Å²) in [5.41, 5.74) is 0.201. The van der Waals surface area contributed by atoms with Crippen molar-refractivity contribution in [1.29, 1.82) is 0 Å². The van der Waals surface area contributed by atoms with Gasteiger partial charge in [0.1, 0.15) is 10.7 Å². The van der Waals surface area contributed by atoms with E-state index in [1.807, 2.05) is 6.92 Å². The summed E-state index contributed by atoms with van der Waals surface area (Å²) in [5, 5.41) is 4.25. The van der Waals surface area contributed by atoms with Crippen LogP contribution in [0, 0.1) is 12.7 Å². The van der Waals surface area contributed by atoms with E-state index in [2.05, 4.69) is 9.82 Å². The average Bonchev–Trinajstić information content (AvgIpc) is 2.75. The molecule has 1 heterocycles. The standard InChI is InChI=1S/C12H13ClFN3O2S/c1-3-17-7-12(8(2)15-17)20(18,19)16-11-5-4-9(13)6-10(11)14/h4-7,16H,3H2,1-2H3. The molecule has 0 bridgehead atoms. The van der Waals surface area contributed by atoms with Crippen LogP contribution in [0.25, 0.3) is 0 Å². The zero-order valence-corrected chi connectivity index (χ0v) is 12.5. The first kappa shape index (κ1) is 14.8. The van der Waals surface area contributed by atoms with Crippen molar-refractivity contribution in [3.63, 3.8) is 0 Å². The van der Waals surface area contributed by atoms with Crippen molar-refractivity contribution >= 4 is 27.3 Å². The smallest absolute Gasteiger partial charge is 0.265 e. The average molecular weight is 318 g/mol. The minimum atomic E-state index is -3.89. The van der Waals surface area contributed by atoms with Gasteiger partial charge in [-0.05, 0) is 32.0 Å². The molecule has 0 unspecified atom stereocenters. The second-order valence-corrected chi connectivity index (χ2v) is 6.25. The van der Waals surface area contributed by atoms with Gasteiger partial charge in [0.15, 0.2) is 0 Å². The van der Waals surface area contributed by atoms with Crippen LogP contribution in [0.2, 0.25) is 5.02 Å². The lowest BCUT2D eigenvalue weighted by atomic mass is 10.3. The van der Waals surface area contributed by atoms with Crippen LogP contribution in [0.5, 0.6) is 0 Å². The first-order valence-corrected chi connectivity index (χ1v) is 7.71. The molecule has 0 aliphatic heterocycles. The first-order valence-electron chi connectivity index (χ1n) is 5.85. The Hall–Kier alpha value is -1.60. The van der Waals surface area contributed by atoms with E-state index in [4.69, 9.17) is 11.6 Å². The van der Waals surface area contributed by atoms with Gasteiger partial charge in [-0.3, -0.25) is 9.40 Å². The second-order valence-electron chi connectivity index (χ2n) is 4.16. The van der Waals surface area contributed by atoms with E-state index in [1.54, 1.807) is 6.92 Å². The van der Waals surface area contributed by atoms with E-state index in [1.165, 1.54) is 23.0 Å². The third kappa shape index (κ3) is 2.94. The Labute approximate surface area is 121 Å². The van der Waals surface area contributed by atoms with Crippen molar-refractivity contribution in [2.75, 3.05) is 4.72 Å². The molecular weight excluding hydrogens is 305 g/mol. The molecule has 2 rings (SSSR count). The molecule has 0 aliphatic rings. The zero-order valence-electron chi connectivity index (χ0n) is 10.9. The number of rotatable bonds is 4. The normalized spacial score (nSPS) is 11.6. The van der Waals surface area contributed by atoms with Gasteiger partial charge in [0.25, 0.3) is 10.0 Å². The maximum atomic E-state index is 13.6. The largest absolute Gasteiger partial charge is 0.277 e. The molecule has 0 saturated carbocycles. The van der Waals surface area contributed by atoms with E-state index in [0.29, 0.717) is 12.2 Å². The van der Waals surface area contributed by atoms with Gasteiger partial charge in [-0.1, -0.05) is 11.6 Å². The lowest BCUT2D eigenvalue weighted by molar-refractivity contribution is 0.597. The van der Waals surface area contributed by atoms with Gasteiger partial charge >= 0.3 is 0 Å². The molecule has 5 nitrogen and oxygen atoms in total. The second kappa shape index (κ2) is 5.41. The van der Waals surface area contributed by atoms with Crippen LogP contribution < -0.4 is 4.72 Å². The molecule has 0 fully saturated rings. The molecule has 1 aromatic carbocycles. The van der Waals surface area contributed by atoms with Crippen molar-refractivity contribution in [1.82, 2.24) is 9.78 Å². The summed E-state index contributed by atoms with van der Waals surface area (Å²) in [7, 11) is -3.89. The Bertz CT molecular complexity index is 743. The number of sulfonamides is 1. The molecule has 2 aromatic rings. The van der Waals surface area contributed by atoms with Gasteiger partial charge in [-0.25, -0.2) is 12.8 Å². The van der Waals surface area contributed by atoms with Crippen molar-refractivity contribution in [2.24, 2.45) is 0 Å². The highest BCUT2D eigenvalue weighted by atomic mass is 35.5. The third-order valence-corrected chi connectivity index (χ3v) is 4.39. The van der Waals surface area contributed by atoms with Crippen molar-refractivity contribution in [3.8, 4) is 0 Å². The van der Waals surface area contributed by atoms with E-state index in [9.17, 15) is 12.8 Å². The molecule has 0 atom stereocenters. The lowest BCUT2D eigenvalue weighted by Crippen LogP contribution is -2.14. The molecule has 1 aromatic heterocycles. The number of nitrogens with zero attached hydrogens (tertiary/aromatic N) is 2. The van der Waals surface area contributed by atoms with Crippen LogP contribution in [0.4, 0.5) is 10.1 Å². The molecule has 0 spiro atoms. The maximum Gasteiger partial charge on any atom is 0.265 e. The summed E-state index contributed by atoms with van der Waals surface area (Å²) in [6.45, 7) is 3.97. The van der Waals surface area contributed by atoms with Crippen LogP contribution in [-0.4, -0.2) is 18.2 Å². The summed E-state index contributed by atoms with van der Waals surface area (Å²) in [5.74, 6) is -0.735. The van der Waals surface area contributed by atoms with Crippen LogP contribution in [0.1, 0.15) is 12.6 Å². The Morgan fingerprint density at radius 1 is 1.45 bits per heavy atom. The molecule has 0 amide bonds. The summed E-state index contributed by atoms with van der Waals surface area (Å²) in [6, 6.07) is 3.72. The highest BCUT2D eigenvalue weighted by Gasteiger charge is 2.21. The van der Waals surface area contributed by atoms with Crippen LogP contribution in [0.3, 0.4) is 0 Å². The molecule has 0 radical (unpaired) electrons. The number of aromatic nitrogens is 2. The van der Waals surface area contributed by atoms with Gasteiger partial charge in [0.05, 0.1) is 11.4 Å². The Kier molecular flexibility index (Phi) is 4.01. The minimum Gasteiger partial charge on any atom is -0.277 e. The predicted molar refractivity (Wildman–Crippen MR) is 74.9 cm³/mol. The van der Waals surface area contributed by atoms with Gasteiger partial charge in [0.2, 0.25) is 0 Å². The lowest BCUT2D eigenvalue weighted by Gasteiger charge is -2.08. The highest BCUT2D eigenvalue weighted by molar-refractivity contribution is 7.92. The van der Waals surface area contributed by atoms with Crippen LogP contribution in [-0.2, 0) is 16.6 Å². The van der Waals surface area contributed by atoms with E-state index in [-0.39, 0.29) is 15.6 Å². The molecule has 1 N–H and O–H groups in total. The molecule has 108 valence electrons. The van der Waals surface area contributed by atoms with Crippen molar-refractivity contribution in [3.05, 3.63) is 40.9 Å². The Morgan fingerprint density at radius 2 is 2.15 bits per heavy atom. The molecule has 8 heteroatoms. The van der Waals surface area contributed by atoms with E-state index >= 15 is 0 Å². The van der Waals surface area contributed by atoms with Crippen molar-refractivity contribution < 1.29 is 12.8 Å². The quantitative estimate of drug-likeness (QED) is 0.943. The van der Waals surface area contributed by atoms with E-state index in [0.717, 1.165) is 6.07 Å². The SMILES string of the molecule is CCn1cc(S(=O)(=O)Nc2ccc(Cl)cc2F)c(C)n1. The zero-order chi connectivity index (χ0) is 14.9. The Morgan fingerprint density at radius 3 is 2.70 bits per heavy atom. The number of hydrogen-bond acceptors (Lipinski definition) is 3. The predicted octanol–water partition coefficient (Wildman–Crippen LogP) is 2.80.